The molecular formula is C37H63ClN6O10. The number of unbranched alkanes of at least 4 members (excludes halogenated alkanes) is 4. The Morgan fingerprint density at radius 1 is 0.889 bits per heavy atom. The fraction of sp³-hybridized carbons (Fsp3) is 0.757. The molecule has 5 unspecified atom stereocenters. The van der Waals surface area contributed by atoms with Gasteiger partial charge in [-0.15, -0.1) is 0 Å². The number of aliphatic hydroxyl groups is 5. The number of hydrogen-bond acceptors (Lipinski definition) is 13. The third-order valence-corrected chi connectivity index (χ3v) is 10.7. The van der Waals surface area contributed by atoms with Crippen molar-refractivity contribution in [1.29, 1.82) is 0 Å². The number of anilines is 1. The summed E-state index contributed by atoms with van der Waals surface area (Å²) in [5.41, 5.74) is 6.52. The molecule has 2 aliphatic heterocycles. The number of rotatable bonds is 23. The number of ether oxygens (including phenoxy) is 2. The number of nitrogens with two attached hydrogens (primary N) is 1. The first-order valence-corrected chi connectivity index (χ1v) is 19.6. The molecule has 54 heavy (non-hydrogen) atoms. The molecule has 7 atom stereocenters. The van der Waals surface area contributed by atoms with E-state index < -0.39 is 31.0 Å². The number of amides is 3. The third-order valence-electron chi connectivity index (χ3n) is 10.3. The van der Waals surface area contributed by atoms with Crippen molar-refractivity contribution in [2.24, 2.45) is 0 Å². The zero-order valence-corrected chi connectivity index (χ0v) is 32.5. The number of nitrogens with zero attached hydrogens (tertiary/aromatic N) is 2. The molecule has 2 fully saturated rings. The van der Waals surface area contributed by atoms with Crippen LogP contribution in [0.2, 0.25) is 5.02 Å². The van der Waals surface area contributed by atoms with Gasteiger partial charge in [-0.25, -0.2) is 0 Å². The number of benzene rings is 1. The van der Waals surface area contributed by atoms with E-state index in [1.165, 1.54) is 13.2 Å². The molecule has 3 rings (SSSR count). The Kier molecular flexibility index (Phi) is 20.2. The van der Waals surface area contributed by atoms with Crippen LogP contribution in [0.1, 0.15) is 87.4 Å². The van der Waals surface area contributed by atoms with Crippen molar-refractivity contribution in [3.05, 3.63) is 22.7 Å². The van der Waals surface area contributed by atoms with Gasteiger partial charge in [0.05, 0.1) is 54.4 Å². The number of piperidine rings is 2. The third kappa shape index (κ3) is 14.7. The fourth-order valence-corrected chi connectivity index (χ4v) is 7.16. The van der Waals surface area contributed by atoms with Crippen LogP contribution < -0.4 is 26.4 Å². The maximum atomic E-state index is 13.1. The van der Waals surface area contributed by atoms with Crippen LogP contribution in [-0.2, 0) is 14.3 Å². The van der Waals surface area contributed by atoms with Crippen molar-refractivity contribution in [1.82, 2.24) is 25.8 Å². The summed E-state index contributed by atoms with van der Waals surface area (Å²) in [7, 11) is 3.13. The molecule has 0 saturated carbocycles. The van der Waals surface area contributed by atoms with Gasteiger partial charge < -0.3 is 61.6 Å². The number of carbonyl (C=O) groups is 3. The van der Waals surface area contributed by atoms with Crippen molar-refractivity contribution < 1.29 is 49.4 Å². The summed E-state index contributed by atoms with van der Waals surface area (Å²) in [5, 5.41) is 56.9. The summed E-state index contributed by atoms with van der Waals surface area (Å²) in [4.78, 5) is 42.8. The molecule has 0 radical (unpaired) electrons. The van der Waals surface area contributed by atoms with Crippen LogP contribution >= 0.6 is 11.6 Å². The average Bonchev–Trinajstić information content (AvgIpc) is 3.17. The molecule has 1 aromatic rings. The largest absolute Gasteiger partial charge is 0.496 e. The average molecular weight is 787 g/mol. The summed E-state index contributed by atoms with van der Waals surface area (Å²) in [6, 6.07) is 2.89. The lowest BCUT2D eigenvalue weighted by Gasteiger charge is -2.38. The van der Waals surface area contributed by atoms with Gasteiger partial charge in [-0.2, -0.15) is 0 Å². The first-order chi connectivity index (χ1) is 25.9. The van der Waals surface area contributed by atoms with E-state index in [-0.39, 0.29) is 54.0 Å². The fourth-order valence-electron chi connectivity index (χ4n) is 6.99. The van der Waals surface area contributed by atoms with Crippen molar-refractivity contribution in [3.8, 4) is 5.75 Å². The summed E-state index contributed by atoms with van der Waals surface area (Å²) < 4.78 is 11.1. The second kappa shape index (κ2) is 24.0. The maximum absolute atomic E-state index is 13.1. The Morgan fingerprint density at radius 3 is 2.26 bits per heavy atom. The van der Waals surface area contributed by atoms with E-state index in [0.717, 1.165) is 84.0 Å². The first-order valence-electron chi connectivity index (χ1n) is 19.2. The Bertz CT molecular complexity index is 1310. The molecule has 308 valence electrons. The van der Waals surface area contributed by atoms with Crippen LogP contribution in [0, 0.1) is 0 Å². The Hall–Kier alpha value is -2.80. The Morgan fingerprint density at radius 2 is 1.57 bits per heavy atom. The first kappa shape index (κ1) is 45.6. The van der Waals surface area contributed by atoms with Crippen molar-refractivity contribution in [2.45, 2.75) is 120 Å². The Labute approximate surface area is 323 Å². The number of nitrogens with one attached hydrogen (secondary N) is 3. The van der Waals surface area contributed by atoms with Gasteiger partial charge in [0.25, 0.3) is 5.91 Å². The van der Waals surface area contributed by atoms with Crippen molar-refractivity contribution >= 4 is 35.0 Å². The van der Waals surface area contributed by atoms with E-state index in [4.69, 9.17) is 31.9 Å². The lowest BCUT2D eigenvalue weighted by Crippen LogP contribution is -2.54. The number of likely N-dealkylation sites (tertiary alicyclic amines) is 2. The summed E-state index contributed by atoms with van der Waals surface area (Å²) >= 11 is 6.16. The normalized spacial score (nSPS) is 21.8. The maximum Gasteiger partial charge on any atom is 0.255 e. The highest BCUT2D eigenvalue weighted by molar-refractivity contribution is 6.33. The number of aliphatic hydroxyl groups excluding tert-OH is 5. The zero-order valence-electron chi connectivity index (χ0n) is 31.8. The van der Waals surface area contributed by atoms with Crippen molar-refractivity contribution in [3.63, 3.8) is 0 Å². The molecular weight excluding hydrogens is 724 g/mol. The second-order valence-electron chi connectivity index (χ2n) is 14.4. The van der Waals surface area contributed by atoms with E-state index >= 15 is 0 Å². The molecule has 16 nitrogen and oxygen atoms in total. The van der Waals surface area contributed by atoms with Crippen LogP contribution in [0.25, 0.3) is 0 Å². The van der Waals surface area contributed by atoms with E-state index in [2.05, 4.69) is 25.8 Å². The molecule has 1 aromatic carbocycles. The standard InChI is InChI=1S/C37H63ClN6O10/c1-53-30-20-26(39)25(38)19-24(30)37(52)41-27-14-18-43(22-31(27)54-2)15-8-3-6-13-34(49)42-32-11-7-10-17-44(32)16-9-4-5-12-33(48)40-21-28(46)35(50)36(51)29(47)23-45/h19-20,27-29,31-32,35-36,45-47,50-51H,3-18,21-23,39H2,1-2H3,(H,40,48)(H,41,52)(H,42,49)/t27-,28?,29?,31+,32?,35?,36?/m1/s1. The van der Waals surface area contributed by atoms with Gasteiger partial charge in [0.2, 0.25) is 11.8 Å². The second-order valence-corrected chi connectivity index (χ2v) is 14.8. The predicted molar refractivity (Wildman–Crippen MR) is 204 cm³/mol. The molecule has 2 saturated heterocycles. The highest BCUT2D eigenvalue weighted by Crippen LogP contribution is 2.29. The summed E-state index contributed by atoms with van der Waals surface area (Å²) in [6.07, 6.45) is 2.77. The van der Waals surface area contributed by atoms with Crippen LogP contribution in [0.4, 0.5) is 5.69 Å². The summed E-state index contributed by atoms with van der Waals surface area (Å²) in [6.45, 7) is 3.05. The van der Waals surface area contributed by atoms with E-state index in [1.54, 1.807) is 13.2 Å². The Balaban J connectivity index is 1.28. The van der Waals surface area contributed by atoms with Crippen LogP contribution in [0.3, 0.4) is 0 Å². The highest BCUT2D eigenvalue weighted by atomic mass is 35.5. The van der Waals surface area contributed by atoms with E-state index in [1.807, 2.05) is 0 Å². The SMILES string of the molecule is COc1cc(N)c(Cl)cc1C(=O)N[C@@H]1CCN(CCCCCC(=O)NC2CCCCN2CCCCCC(=O)NCC(O)C(O)C(O)C(O)CO)C[C@@H]1OC. The topological polar surface area (TPSA) is 239 Å². The van der Waals surface area contributed by atoms with Gasteiger partial charge in [0.1, 0.15) is 24.1 Å². The highest BCUT2D eigenvalue weighted by Gasteiger charge is 2.32. The lowest BCUT2D eigenvalue weighted by atomic mass is 10.00. The predicted octanol–water partition coefficient (Wildman–Crippen LogP) is 0.351. The molecule has 17 heteroatoms. The van der Waals surface area contributed by atoms with E-state index in [0.29, 0.717) is 36.4 Å². The number of halogens is 1. The van der Waals surface area contributed by atoms with Crippen molar-refractivity contribution in [2.75, 3.05) is 65.8 Å². The molecule has 2 aliphatic rings. The minimum Gasteiger partial charge on any atom is -0.496 e. The molecule has 10 N–H and O–H groups in total. The minimum absolute atomic E-state index is 0.00743. The van der Waals surface area contributed by atoms with Gasteiger partial charge in [-0.1, -0.05) is 24.4 Å². The molecule has 0 bridgehead atoms. The molecule has 2 heterocycles. The van der Waals surface area contributed by atoms with E-state index in [9.17, 15) is 34.8 Å². The summed E-state index contributed by atoms with van der Waals surface area (Å²) in [5.74, 6) is -0.173. The van der Waals surface area contributed by atoms with Crippen LogP contribution in [0.5, 0.6) is 5.75 Å². The quantitative estimate of drug-likeness (QED) is 0.0539. The smallest absolute Gasteiger partial charge is 0.255 e. The lowest BCUT2D eigenvalue weighted by molar-refractivity contribution is -0.126. The molecule has 0 aliphatic carbocycles. The minimum atomic E-state index is -1.74. The number of nitrogen functional groups attached to an aromatic ring is 1. The molecule has 3 amide bonds. The number of hydrogen-bond donors (Lipinski definition) is 9. The van der Waals surface area contributed by atoms with Crippen LogP contribution in [0.15, 0.2) is 12.1 Å². The van der Waals surface area contributed by atoms with Gasteiger partial charge in [-0.3, -0.25) is 19.3 Å². The van der Waals surface area contributed by atoms with Gasteiger partial charge in [0, 0.05) is 58.7 Å². The monoisotopic (exact) mass is 786 g/mol. The molecule has 0 spiro atoms. The van der Waals surface area contributed by atoms with Gasteiger partial charge >= 0.3 is 0 Å². The number of methoxy groups -OCH3 is 2. The van der Waals surface area contributed by atoms with Crippen LogP contribution in [-0.4, -0.2) is 156 Å². The number of carbonyl (C=O) groups excluding carboxylic acids is 3. The van der Waals surface area contributed by atoms with Gasteiger partial charge in [0.15, 0.2) is 0 Å². The zero-order chi connectivity index (χ0) is 39.6. The van der Waals surface area contributed by atoms with Gasteiger partial charge in [-0.05, 0) is 64.0 Å². The molecule has 0 aromatic heterocycles.